The SMILES string of the molecule is Nc1c(Cl)c(Cl)c(Br)c(Cl)c1Cl. The number of nitrogen functional groups attached to an aromatic ring is 1. The van der Waals surface area contributed by atoms with E-state index < -0.39 is 0 Å². The lowest BCUT2D eigenvalue weighted by molar-refractivity contribution is 1.63. The molecular weight excluding hydrogens is 308 g/mol. The third kappa shape index (κ3) is 1.64. The van der Waals surface area contributed by atoms with Gasteiger partial charge in [-0.15, -0.1) is 0 Å². The van der Waals surface area contributed by atoms with E-state index >= 15 is 0 Å². The second-order valence-corrected chi connectivity index (χ2v) is 4.29. The van der Waals surface area contributed by atoms with Gasteiger partial charge in [-0.05, 0) is 15.9 Å². The lowest BCUT2D eigenvalue weighted by atomic mass is 10.3. The van der Waals surface area contributed by atoms with Crippen LogP contribution in [0.3, 0.4) is 0 Å². The number of hydrogen-bond acceptors (Lipinski definition) is 1. The van der Waals surface area contributed by atoms with E-state index in [0.717, 1.165) is 0 Å². The first-order valence-electron chi connectivity index (χ1n) is 2.73. The van der Waals surface area contributed by atoms with Crippen molar-refractivity contribution in [3.8, 4) is 0 Å². The summed E-state index contributed by atoms with van der Waals surface area (Å²) in [4.78, 5) is 0. The van der Waals surface area contributed by atoms with Crippen molar-refractivity contribution in [2.45, 2.75) is 0 Å². The van der Waals surface area contributed by atoms with Gasteiger partial charge in [-0.1, -0.05) is 46.4 Å². The van der Waals surface area contributed by atoms with Gasteiger partial charge in [0, 0.05) is 0 Å². The van der Waals surface area contributed by atoms with Crippen molar-refractivity contribution in [2.75, 3.05) is 5.73 Å². The Hall–Kier alpha value is 0.660. The number of benzene rings is 1. The fourth-order valence-corrected chi connectivity index (χ4v) is 2.11. The Kier molecular flexibility index (Phi) is 3.41. The predicted octanol–water partition coefficient (Wildman–Crippen LogP) is 4.64. The highest BCUT2D eigenvalue weighted by molar-refractivity contribution is 9.10. The molecule has 0 aliphatic carbocycles. The van der Waals surface area contributed by atoms with E-state index in [1.807, 2.05) is 0 Å². The van der Waals surface area contributed by atoms with E-state index in [1.54, 1.807) is 0 Å². The first kappa shape index (κ1) is 10.7. The Balaban J connectivity index is 3.60. The number of nitrogens with two attached hydrogens (primary N) is 1. The quantitative estimate of drug-likeness (QED) is 0.421. The number of rotatable bonds is 0. The van der Waals surface area contributed by atoms with Crippen molar-refractivity contribution in [1.82, 2.24) is 0 Å². The molecule has 0 aromatic heterocycles. The largest absolute Gasteiger partial charge is 0.396 e. The van der Waals surface area contributed by atoms with Crippen LogP contribution in [0.2, 0.25) is 20.1 Å². The lowest BCUT2D eigenvalue weighted by Crippen LogP contribution is -1.90. The van der Waals surface area contributed by atoms with Crippen LogP contribution in [-0.2, 0) is 0 Å². The standard InChI is InChI=1S/C6H2BrCl4N/c7-1-2(8)4(10)6(12)5(11)3(1)9/h12H2. The van der Waals surface area contributed by atoms with Gasteiger partial charge < -0.3 is 5.73 Å². The summed E-state index contributed by atoms with van der Waals surface area (Å²) in [6.07, 6.45) is 0. The van der Waals surface area contributed by atoms with Crippen LogP contribution in [0.1, 0.15) is 0 Å². The predicted molar refractivity (Wildman–Crippen MR) is 58.6 cm³/mol. The van der Waals surface area contributed by atoms with Crippen molar-refractivity contribution in [3.63, 3.8) is 0 Å². The smallest absolute Gasteiger partial charge is 0.0849 e. The van der Waals surface area contributed by atoms with Crippen molar-refractivity contribution < 1.29 is 0 Å². The van der Waals surface area contributed by atoms with Crippen LogP contribution >= 0.6 is 62.3 Å². The molecule has 1 aromatic carbocycles. The number of halogens is 5. The minimum atomic E-state index is 0.191. The molecule has 0 aliphatic rings. The Morgan fingerprint density at radius 2 is 1.17 bits per heavy atom. The second-order valence-electron chi connectivity index (χ2n) is 1.98. The molecular formula is C6H2BrCl4N. The van der Waals surface area contributed by atoms with Crippen molar-refractivity contribution in [3.05, 3.63) is 24.6 Å². The van der Waals surface area contributed by atoms with Crippen LogP contribution in [0.5, 0.6) is 0 Å². The lowest BCUT2D eigenvalue weighted by Gasteiger charge is -2.07. The van der Waals surface area contributed by atoms with Crippen molar-refractivity contribution >= 4 is 68.0 Å². The zero-order valence-electron chi connectivity index (χ0n) is 5.47. The van der Waals surface area contributed by atoms with E-state index in [-0.39, 0.29) is 25.8 Å². The topological polar surface area (TPSA) is 26.0 Å². The van der Waals surface area contributed by atoms with Crippen LogP contribution in [0.4, 0.5) is 5.69 Å². The summed E-state index contributed by atoms with van der Waals surface area (Å²) in [6.45, 7) is 0. The van der Waals surface area contributed by atoms with Gasteiger partial charge in [-0.2, -0.15) is 0 Å². The summed E-state index contributed by atoms with van der Waals surface area (Å²) in [5.74, 6) is 0. The highest BCUT2D eigenvalue weighted by Gasteiger charge is 2.16. The summed E-state index contributed by atoms with van der Waals surface area (Å²) in [5, 5.41) is 0.947. The van der Waals surface area contributed by atoms with Gasteiger partial charge in [0.1, 0.15) is 0 Å². The van der Waals surface area contributed by atoms with E-state index in [9.17, 15) is 0 Å². The fraction of sp³-hybridized carbons (Fsp3) is 0. The highest BCUT2D eigenvalue weighted by atomic mass is 79.9. The second kappa shape index (κ2) is 3.81. The molecule has 0 saturated carbocycles. The van der Waals surface area contributed by atoms with Gasteiger partial charge in [0.2, 0.25) is 0 Å². The molecule has 0 amide bonds. The van der Waals surface area contributed by atoms with Crippen LogP contribution in [0.15, 0.2) is 4.47 Å². The Bertz CT molecular complexity index is 234. The van der Waals surface area contributed by atoms with Gasteiger partial charge >= 0.3 is 0 Å². The molecule has 2 N–H and O–H groups in total. The van der Waals surface area contributed by atoms with Crippen LogP contribution in [0.25, 0.3) is 0 Å². The van der Waals surface area contributed by atoms with Gasteiger partial charge in [-0.25, -0.2) is 0 Å². The molecule has 12 heavy (non-hydrogen) atoms. The van der Waals surface area contributed by atoms with E-state index in [2.05, 4.69) is 15.9 Å². The summed E-state index contributed by atoms with van der Waals surface area (Å²) < 4.78 is 0.454. The molecule has 1 nitrogen and oxygen atoms in total. The van der Waals surface area contributed by atoms with Crippen molar-refractivity contribution in [1.29, 1.82) is 0 Å². The Morgan fingerprint density at radius 1 is 0.833 bits per heavy atom. The molecule has 0 saturated heterocycles. The van der Waals surface area contributed by atoms with Crippen LogP contribution < -0.4 is 5.73 Å². The molecule has 66 valence electrons. The summed E-state index contributed by atoms with van der Waals surface area (Å²) >= 11 is 26.1. The first-order valence-corrected chi connectivity index (χ1v) is 5.04. The van der Waals surface area contributed by atoms with Crippen molar-refractivity contribution in [2.24, 2.45) is 0 Å². The van der Waals surface area contributed by atoms with Crippen LogP contribution in [0, 0.1) is 0 Å². The first-order chi connectivity index (χ1) is 5.46. The minimum absolute atomic E-state index is 0.191. The molecule has 0 bridgehead atoms. The number of hydrogen-bond donors (Lipinski definition) is 1. The summed E-state index contributed by atoms with van der Waals surface area (Å²) in [6, 6.07) is 0. The third-order valence-corrected chi connectivity index (χ3v) is 4.23. The number of anilines is 1. The molecule has 1 rings (SSSR count). The maximum atomic E-state index is 5.76. The van der Waals surface area contributed by atoms with Gasteiger partial charge in [0.15, 0.2) is 0 Å². The molecule has 0 aliphatic heterocycles. The Morgan fingerprint density at radius 3 is 1.50 bits per heavy atom. The Labute approximate surface area is 97.9 Å². The molecule has 0 spiro atoms. The average molecular weight is 310 g/mol. The van der Waals surface area contributed by atoms with E-state index in [4.69, 9.17) is 52.1 Å². The molecule has 0 fully saturated rings. The van der Waals surface area contributed by atoms with Crippen LogP contribution in [-0.4, -0.2) is 0 Å². The maximum Gasteiger partial charge on any atom is 0.0849 e. The van der Waals surface area contributed by atoms with E-state index in [0.29, 0.717) is 4.47 Å². The molecule has 0 heterocycles. The van der Waals surface area contributed by atoms with Gasteiger partial charge in [0.25, 0.3) is 0 Å². The minimum Gasteiger partial charge on any atom is -0.396 e. The summed E-state index contributed by atoms with van der Waals surface area (Å²) in [5.41, 5.74) is 5.69. The van der Waals surface area contributed by atoms with Gasteiger partial charge in [0.05, 0.1) is 30.3 Å². The molecule has 0 atom stereocenters. The van der Waals surface area contributed by atoms with Gasteiger partial charge in [-0.3, -0.25) is 0 Å². The maximum absolute atomic E-state index is 5.76. The molecule has 0 unspecified atom stereocenters. The molecule has 1 aromatic rings. The third-order valence-electron chi connectivity index (χ3n) is 1.24. The zero-order valence-corrected chi connectivity index (χ0v) is 10.1. The summed E-state index contributed by atoms with van der Waals surface area (Å²) in [7, 11) is 0. The van der Waals surface area contributed by atoms with E-state index in [1.165, 1.54) is 0 Å². The monoisotopic (exact) mass is 307 g/mol. The molecule has 6 heteroatoms. The molecule has 0 radical (unpaired) electrons. The normalized spacial score (nSPS) is 10.4. The average Bonchev–Trinajstić information content (AvgIpc) is 2.08. The zero-order chi connectivity index (χ0) is 9.46. The fourth-order valence-electron chi connectivity index (χ4n) is 0.622. The highest BCUT2D eigenvalue weighted by Crippen LogP contribution is 2.45.